The van der Waals surface area contributed by atoms with Gasteiger partial charge >= 0.3 is 0 Å². The third kappa shape index (κ3) is 4.55. The molecular formula is C20H19N3O2. The zero-order chi connectivity index (χ0) is 18.4. The molecule has 0 spiro atoms. The van der Waals surface area contributed by atoms with Crippen LogP contribution in [-0.2, 0) is 4.79 Å². The number of amides is 1. The Bertz CT molecular complexity index is 875. The number of benzene rings is 2. The monoisotopic (exact) mass is 333 g/mol. The number of nitrogens with zero attached hydrogens (tertiary/aromatic N) is 1. The zero-order valence-electron chi connectivity index (χ0n) is 14.4. The second kappa shape index (κ2) is 7.93. The molecule has 0 atom stereocenters. The van der Waals surface area contributed by atoms with Crippen LogP contribution in [0.25, 0.3) is 0 Å². The molecule has 0 bridgehead atoms. The van der Waals surface area contributed by atoms with Crippen LogP contribution in [0, 0.1) is 25.2 Å². The van der Waals surface area contributed by atoms with Gasteiger partial charge in [0.2, 0.25) is 0 Å². The molecular weight excluding hydrogens is 314 g/mol. The highest BCUT2D eigenvalue weighted by Gasteiger charge is 2.11. The molecule has 0 saturated carbocycles. The van der Waals surface area contributed by atoms with Crippen LogP contribution in [0.5, 0.6) is 0 Å². The molecule has 0 aliphatic rings. The molecule has 126 valence electrons. The fraction of sp³-hybridized carbons (Fsp3) is 0.150. The minimum atomic E-state index is -0.482. The number of hydrogen-bond donors (Lipinski definition) is 2. The third-order valence-electron chi connectivity index (χ3n) is 3.89. The highest BCUT2D eigenvalue weighted by molar-refractivity contribution is 6.07. The zero-order valence-corrected chi connectivity index (χ0v) is 14.4. The van der Waals surface area contributed by atoms with Crippen LogP contribution >= 0.6 is 0 Å². The number of rotatable bonds is 5. The normalized spacial score (nSPS) is 10.7. The molecule has 0 aliphatic carbocycles. The quantitative estimate of drug-likeness (QED) is 0.493. The van der Waals surface area contributed by atoms with E-state index >= 15 is 0 Å². The van der Waals surface area contributed by atoms with Gasteiger partial charge in [-0.1, -0.05) is 12.1 Å². The number of Topliss-reactive ketones (excluding diaryl/α,β-unsaturated/α-hetero) is 1. The van der Waals surface area contributed by atoms with Crippen LogP contribution in [0.3, 0.4) is 0 Å². The lowest BCUT2D eigenvalue weighted by Gasteiger charge is -2.10. The highest BCUT2D eigenvalue weighted by atomic mass is 16.1. The Kier molecular flexibility index (Phi) is 5.70. The van der Waals surface area contributed by atoms with Crippen molar-refractivity contribution in [2.24, 2.45) is 0 Å². The highest BCUT2D eigenvalue weighted by Crippen LogP contribution is 2.18. The summed E-state index contributed by atoms with van der Waals surface area (Å²) in [5, 5.41) is 14.9. The van der Waals surface area contributed by atoms with Gasteiger partial charge in [0.1, 0.15) is 11.6 Å². The first-order valence-electron chi connectivity index (χ1n) is 7.77. The molecule has 2 rings (SSSR count). The van der Waals surface area contributed by atoms with Crippen molar-refractivity contribution in [1.29, 1.82) is 5.26 Å². The predicted octanol–water partition coefficient (Wildman–Crippen LogP) is 3.96. The van der Waals surface area contributed by atoms with E-state index in [4.69, 9.17) is 0 Å². The summed E-state index contributed by atoms with van der Waals surface area (Å²) < 4.78 is 0. The summed E-state index contributed by atoms with van der Waals surface area (Å²) in [6.07, 6.45) is 1.35. The van der Waals surface area contributed by atoms with Crippen molar-refractivity contribution in [2.75, 3.05) is 10.6 Å². The number of nitrogens with one attached hydrogen (secondary N) is 2. The van der Waals surface area contributed by atoms with E-state index in [2.05, 4.69) is 10.6 Å². The van der Waals surface area contributed by atoms with E-state index in [1.54, 1.807) is 30.3 Å². The van der Waals surface area contributed by atoms with Crippen molar-refractivity contribution in [3.05, 3.63) is 70.9 Å². The second-order valence-corrected chi connectivity index (χ2v) is 5.65. The van der Waals surface area contributed by atoms with E-state index in [1.165, 1.54) is 13.1 Å². The lowest BCUT2D eigenvalue weighted by Crippen LogP contribution is -2.15. The smallest absolute Gasteiger partial charge is 0.267 e. The Morgan fingerprint density at radius 2 is 1.76 bits per heavy atom. The largest absolute Gasteiger partial charge is 0.360 e. The standard InChI is InChI=1S/C20H19N3O2/c1-13-5-4-6-19(14(13)2)23-20(25)17(11-21)12-22-18-9-7-16(8-10-18)15(3)24/h4-10,12,22H,1-3H3,(H,23,25)/b17-12-. The van der Waals surface area contributed by atoms with Crippen molar-refractivity contribution in [2.45, 2.75) is 20.8 Å². The van der Waals surface area contributed by atoms with Gasteiger partial charge in [0, 0.05) is 23.1 Å². The Balaban J connectivity index is 2.11. The first kappa shape index (κ1) is 18.0. The van der Waals surface area contributed by atoms with Crippen LogP contribution < -0.4 is 10.6 Å². The summed E-state index contributed by atoms with van der Waals surface area (Å²) in [6.45, 7) is 5.36. The summed E-state index contributed by atoms with van der Waals surface area (Å²) in [5.74, 6) is -0.503. The van der Waals surface area contributed by atoms with Gasteiger partial charge in [-0.15, -0.1) is 0 Å². The van der Waals surface area contributed by atoms with Crippen molar-refractivity contribution in [3.63, 3.8) is 0 Å². The van der Waals surface area contributed by atoms with Gasteiger partial charge in [-0.2, -0.15) is 5.26 Å². The molecule has 0 unspecified atom stereocenters. The third-order valence-corrected chi connectivity index (χ3v) is 3.89. The van der Waals surface area contributed by atoms with Crippen LogP contribution in [0.1, 0.15) is 28.4 Å². The van der Waals surface area contributed by atoms with Crippen LogP contribution in [0.15, 0.2) is 54.2 Å². The average molecular weight is 333 g/mol. The minimum Gasteiger partial charge on any atom is -0.360 e. The van der Waals surface area contributed by atoms with E-state index in [1.807, 2.05) is 32.0 Å². The van der Waals surface area contributed by atoms with Crippen LogP contribution in [0.4, 0.5) is 11.4 Å². The van der Waals surface area contributed by atoms with Gasteiger partial charge in [0.25, 0.3) is 5.91 Å². The maximum absolute atomic E-state index is 12.3. The van der Waals surface area contributed by atoms with Crippen molar-refractivity contribution >= 4 is 23.1 Å². The van der Waals surface area contributed by atoms with Crippen molar-refractivity contribution in [1.82, 2.24) is 0 Å². The topological polar surface area (TPSA) is 82.0 Å². The van der Waals surface area contributed by atoms with Gasteiger partial charge < -0.3 is 10.6 Å². The Labute approximate surface area is 147 Å². The molecule has 0 aliphatic heterocycles. The lowest BCUT2D eigenvalue weighted by atomic mass is 10.1. The van der Waals surface area contributed by atoms with Gasteiger partial charge in [-0.3, -0.25) is 9.59 Å². The number of anilines is 2. The first-order valence-corrected chi connectivity index (χ1v) is 7.77. The van der Waals surface area contributed by atoms with Gasteiger partial charge in [0.05, 0.1) is 0 Å². The second-order valence-electron chi connectivity index (χ2n) is 5.65. The molecule has 2 aromatic carbocycles. The summed E-state index contributed by atoms with van der Waals surface area (Å²) in [5.41, 5.74) is 3.93. The van der Waals surface area contributed by atoms with Gasteiger partial charge in [-0.05, 0) is 62.2 Å². The summed E-state index contributed by atoms with van der Waals surface area (Å²) in [6, 6.07) is 14.3. The maximum Gasteiger partial charge on any atom is 0.267 e. The van der Waals surface area contributed by atoms with Crippen molar-refractivity contribution in [3.8, 4) is 6.07 Å². The lowest BCUT2D eigenvalue weighted by molar-refractivity contribution is -0.112. The Hall–Kier alpha value is -3.39. The van der Waals surface area contributed by atoms with Gasteiger partial charge in [0.15, 0.2) is 5.78 Å². The van der Waals surface area contributed by atoms with E-state index < -0.39 is 5.91 Å². The fourth-order valence-corrected chi connectivity index (χ4v) is 2.18. The molecule has 0 radical (unpaired) electrons. The number of ketones is 1. The van der Waals surface area contributed by atoms with E-state index in [-0.39, 0.29) is 11.4 Å². The molecule has 25 heavy (non-hydrogen) atoms. The molecule has 1 amide bonds. The van der Waals surface area contributed by atoms with Gasteiger partial charge in [-0.25, -0.2) is 0 Å². The average Bonchev–Trinajstić information content (AvgIpc) is 2.60. The van der Waals surface area contributed by atoms with Crippen molar-refractivity contribution < 1.29 is 9.59 Å². The van der Waals surface area contributed by atoms with E-state index in [9.17, 15) is 14.9 Å². The number of aryl methyl sites for hydroxylation is 1. The minimum absolute atomic E-state index is 0.0206. The molecule has 2 aromatic rings. The maximum atomic E-state index is 12.3. The van der Waals surface area contributed by atoms with E-state index in [0.29, 0.717) is 16.9 Å². The van der Waals surface area contributed by atoms with Crippen LogP contribution in [-0.4, -0.2) is 11.7 Å². The Morgan fingerprint density at radius 1 is 1.08 bits per heavy atom. The first-order chi connectivity index (χ1) is 11.9. The number of hydrogen-bond acceptors (Lipinski definition) is 4. The fourth-order valence-electron chi connectivity index (χ4n) is 2.18. The summed E-state index contributed by atoms with van der Waals surface area (Å²) >= 11 is 0. The molecule has 2 N–H and O–H groups in total. The molecule has 0 fully saturated rings. The molecule has 5 nitrogen and oxygen atoms in total. The molecule has 0 aromatic heterocycles. The summed E-state index contributed by atoms with van der Waals surface area (Å²) in [7, 11) is 0. The van der Waals surface area contributed by atoms with E-state index in [0.717, 1.165) is 11.1 Å². The Morgan fingerprint density at radius 3 is 2.36 bits per heavy atom. The molecule has 0 heterocycles. The van der Waals surface area contributed by atoms with Crippen LogP contribution in [0.2, 0.25) is 0 Å². The molecule has 5 heteroatoms. The summed E-state index contributed by atoms with van der Waals surface area (Å²) in [4.78, 5) is 23.5. The number of nitriles is 1. The number of carbonyl (C=O) groups excluding carboxylic acids is 2. The number of carbonyl (C=O) groups is 2. The predicted molar refractivity (Wildman–Crippen MR) is 98.3 cm³/mol. The molecule has 0 saturated heterocycles. The SMILES string of the molecule is CC(=O)c1ccc(N/C=C(/C#N)C(=O)Nc2cccc(C)c2C)cc1.